The van der Waals surface area contributed by atoms with Crippen molar-refractivity contribution in [3.63, 3.8) is 0 Å². The molecule has 5 rings (SSSR count). The lowest BCUT2D eigenvalue weighted by Gasteiger charge is -2.39. The van der Waals surface area contributed by atoms with Crippen LogP contribution in [0.3, 0.4) is 0 Å². The average molecular weight is 481 g/mol. The summed E-state index contributed by atoms with van der Waals surface area (Å²) in [4.78, 5) is 6.22. The quantitative estimate of drug-likeness (QED) is 0.413. The van der Waals surface area contributed by atoms with Gasteiger partial charge in [-0.1, -0.05) is 51.1 Å². The minimum Gasteiger partial charge on any atom is -0.388 e. The number of aromatic nitrogens is 4. The van der Waals surface area contributed by atoms with Gasteiger partial charge in [-0.05, 0) is 30.0 Å². The highest BCUT2D eigenvalue weighted by Gasteiger charge is 2.46. The molecule has 6 nitrogen and oxygen atoms in total. The van der Waals surface area contributed by atoms with Crippen molar-refractivity contribution in [1.82, 2.24) is 29.8 Å². The summed E-state index contributed by atoms with van der Waals surface area (Å²) in [5.74, 6) is 0.400. The lowest BCUT2D eigenvalue weighted by Crippen LogP contribution is -2.46. The molecule has 0 fully saturated rings. The number of hydrogen-bond acceptors (Lipinski definition) is 5. The molecule has 0 amide bonds. The van der Waals surface area contributed by atoms with E-state index in [1.54, 1.807) is 23.6 Å². The molecule has 1 aromatic carbocycles. The Morgan fingerprint density at radius 3 is 2.54 bits per heavy atom. The second kappa shape index (κ2) is 8.25. The van der Waals surface area contributed by atoms with E-state index in [-0.39, 0.29) is 17.0 Å². The number of hydrogen-bond donors (Lipinski definition) is 1. The molecular formula is C26H27F3N6. The van der Waals surface area contributed by atoms with E-state index in [4.69, 9.17) is 4.98 Å². The summed E-state index contributed by atoms with van der Waals surface area (Å²) in [7, 11) is 0. The summed E-state index contributed by atoms with van der Waals surface area (Å²) < 4.78 is 44.5. The maximum absolute atomic E-state index is 14.3. The number of benzene rings is 1. The van der Waals surface area contributed by atoms with Crippen molar-refractivity contribution < 1.29 is 13.2 Å². The van der Waals surface area contributed by atoms with Gasteiger partial charge in [0, 0.05) is 42.1 Å². The highest BCUT2D eigenvalue weighted by Crippen LogP contribution is 2.40. The van der Waals surface area contributed by atoms with Crippen LogP contribution in [-0.2, 0) is 5.41 Å². The minimum absolute atomic E-state index is 0.112. The van der Waals surface area contributed by atoms with Crippen LogP contribution >= 0.6 is 0 Å². The predicted molar refractivity (Wildman–Crippen MR) is 130 cm³/mol. The van der Waals surface area contributed by atoms with Crippen LogP contribution in [0.25, 0.3) is 28.1 Å². The molecule has 2 atom stereocenters. The Morgan fingerprint density at radius 2 is 1.83 bits per heavy atom. The molecule has 0 spiro atoms. The highest BCUT2D eigenvalue weighted by molar-refractivity contribution is 5.84. The highest BCUT2D eigenvalue weighted by atomic mass is 19.4. The van der Waals surface area contributed by atoms with Gasteiger partial charge >= 0.3 is 6.18 Å². The van der Waals surface area contributed by atoms with Crippen LogP contribution in [0.5, 0.6) is 0 Å². The second-order valence-electron chi connectivity index (χ2n) is 10.0. The predicted octanol–water partition coefficient (Wildman–Crippen LogP) is 5.61. The summed E-state index contributed by atoms with van der Waals surface area (Å²) in [5.41, 5.74) is 2.93. The van der Waals surface area contributed by atoms with Crippen molar-refractivity contribution in [3.05, 3.63) is 72.2 Å². The molecule has 0 aliphatic carbocycles. The molecule has 4 heterocycles. The first-order valence-electron chi connectivity index (χ1n) is 11.5. The Balaban J connectivity index is 1.65. The SMILES string of the molecule is C[C@H]1CNC=CN1[C@H](c1ccc2nnc(-c3ccc4cccc(C(C)(C)C)c4n3)n2c1)C(F)(F)F. The molecule has 1 aliphatic rings. The van der Waals surface area contributed by atoms with Crippen LogP contribution < -0.4 is 5.32 Å². The number of rotatable bonds is 3. The van der Waals surface area contributed by atoms with Gasteiger partial charge in [0.2, 0.25) is 0 Å². The normalized spacial score (nSPS) is 17.7. The number of para-hydroxylation sites is 1. The maximum Gasteiger partial charge on any atom is 0.413 e. The largest absolute Gasteiger partial charge is 0.413 e. The van der Waals surface area contributed by atoms with Crippen molar-refractivity contribution >= 4 is 16.6 Å². The molecule has 182 valence electrons. The van der Waals surface area contributed by atoms with Gasteiger partial charge in [0.1, 0.15) is 5.69 Å². The number of halogens is 3. The summed E-state index contributed by atoms with van der Waals surface area (Å²) in [6, 6.07) is 10.8. The standard InChI is InChI=1S/C26H27F3N6/c1-16-14-30-12-13-34(16)23(26(27,28)29)18-9-11-21-32-33-24(35(21)15-18)20-10-8-17-6-5-7-19(22(17)31-20)25(2,3)4/h5-13,15-16,23,30H,14H2,1-4H3/t16-,23+/m0/s1. The fourth-order valence-electron chi connectivity index (χ4n) is 4.62. The molecule has 1 aliphatic heterocycles. The van der Waals surface area contributed by atoms with Gasteiger partial charge in [-0.2, -0.15) is 13.2 Å². The molecule has 0 saturated heterocycles. The average Bonchev–Trinajstić information content (AvgIpc) is 3.21. The first-order valence-corrected chi connectivity index (χ1v) is 11.5. The van der Waals surface area contributed by atoms with E-state index in [0.717, 1.165) is 16.5 Å². The van der Waals surface area contributed by atoms with E-state index in [0.29, 0.717) is 23.7 Å². The van der Waals surface area contributed by atoms with Gasteiger partial charge < -0.3 is 10.2 Å². The molecule has 0 unspecified atom stereocenters. The zero-order chi connectivity index (χ0) is 25.0. The van der Waals surface area contributed by atoms with Crippen molar-refractivity contribution in [2.24, 2.45) is 0 Å². The van der Waals surface area contributed by atoms with E-state index >= 15 is 0 Å². The van der Waals surface area contributed by atoms with Crippen LogP contribution in [0.4, 0.5) is 13.2 Å². The number of nitrogens with one attached hydrogen (secondary N) is 1. The van der Waals surface area contributed by atoms with Gasteiger partial charge in [0.15, 0.2) is 17.5 Å². The third-order valence-corrected chi connectivity index (χ3v) is 6.39. The molecule has 0 saturated carbocycles. The van der Waals surface area contributed by atoms with Crippen LogP contribution in [-0.4, -0.2) is 43.2 Å². The fraction of sp³-hybridized carbons (Fsp3) is 0.346. The smallest absolute Gasteiger partial charge is 0.388 e. The third-order valence-electron chi connectivity index (χ3n) is 6.39. The Kier molecular flexibility index (Phi) is 5.45. The second-order valence-corrected chi connectivity index (χ2v) is 10.0. The molecule has 3 aromatic heterocycles. The zero-order valence-electron chi connectivity index (χ0n) is 20.0. The zero-order valence-corrected chi connectivity index (χ0v) is 20.0. The summed E-state index contributed by atoms with van der Waals surface area (Å²) >= 11 is 0. The van der Waals surface area contributed by atoms with Gasteiger partial charge in [-0.3, -0.25) is 4.40 Å². The number of nitrogens with zero attached hydrogens (tertiary/aromatic N) is 5. The Morgan fingerprint density at radius 1 is 1.03 bits per heavy atom. The molecular weight excluding hydrogens is 453 g/mol. The Hall–Kier alpha value is -3.62. The lowest BCUT2D eigenvalue weighted by atomic mass is 9.85. The van der Waals surface area contributed by atoms with Crippen molar-refractivity contribution in [2.45, 2.75) is 51.4 Å². The van der Waals surface area contributed by atoms with Crippen molar-refractivity contribution in [3.8, 4) is 11.5 Å². The van der Waals surface area contributed by atoms with E-state index in [2.05, 4.69) is 42.4 Å². The molecule has 0 bridgehead atoms. The van der Waals surface area contributed by atoms with E-state index in [1.165, 1.54) is 23.4 Å². The maximum atomic E-state index is 14.3. The lowest BCUT2D eigenvalue weighted by molar-refractivity contribution is -0.184. The summed E-state index contributed by atoms with van der Waals surface area (Å²) in [5, 5.41) is 12.5. The first-order chi connectivity index (χ1) is 16.5. The fourth-order valence-corrected chi connectivity index (χ4v) is 4.62. The Bertz CT molecular complexity index is 1420. The third kappa shape index (κ3) is 4.19. The van der Waals surface area contributed by atoms with Gasteiger partial charge in [-0.15, -0.1) is 10.2 Å². The summed E-state index contributed by atoms with van der Waals surface area (Å²) in [6.07, 6.45) is 0.0172. The van der Waals surface area contributed by atoms with Crippen molar-refractivity contribution in [2.75, 3.05) is 6.54 Å². The monoisotopic (exact) mass is 480 g/mol. The molecule has 1 N–H and O–H groups in total. The molecule has 9 heteroatoms. The number of pyridine rings is 2. The van der Waals surface area contributed by atoms with Crippen LogP contribution in [0.2, 0.25) is 0 Å². The topological polar surface area (TPSA) is 58.3 Å². The van der Waals surface area contributed by atoms with Crippen LogP contribution in [0.1, 0.15) is 44.9 Å². The first kappa shape index (κ1) is 23.1. The van der Waals surface area contributed by atoms with Crippen LogP contribution in [0, 0.1) is 0 Å². The van der Waals surface area contributed by atoms with Gasteiger partial charge in [0.25, 0.3) is 0 Å². The van der Waals surface area contributed by atoms with Gasteiger partial charge in [0.05, 0.1) is 5.52 Å². The van der Waals surface area contributed by atoms with Gasteiger partial charge in [-0.25, -0.2) is 4.98 Å². The van der Waals surface area contributed by atoms with E-state index in [1.807, 2.05) is 24.3 Å². The molecule has 4 aromatic rings. The summed E-state index contributed by atoms with van der Waals surface area (Å²) in [6.45, 7) is 8.57. The van der Waals surface area contributed by atoms with Crippen LogP contribution in [0.15, 0.2) is 61.1 Å². The minimum atomic E-state index is -4.47. The van der Waals surface area contributed by atoms with Crippen molar-refractivity contribution in [1.29, 1.82) is 0 Å². The van der Waals surface area contributed by atoms with E-state index < -0.39 is 12.2 Å². The Labute approximate surface area is 201 Å². The molecule has 35 heavy (non-hydrogen) atoms. The van der Waals surface area contributed by atoms with E-state index in [9.17, 15) is 13.2 Å². The number of fused-ring (bicyclic) bond motifs is 2. The molecule has 0 radical (unpaired) electrons. The number of alkyl halides is 3.